The van der Waals surface area contributed by atoms with Crippen LogP contribution in [-0.4, -0.2) is 31.3 Å². The van der Waals surface area contributed by atoms with Gasteiger partial charge in [-0.2, -0.15) is 0 Å². The molecule has 0 radical (unpaired) electrons. The second-order valence-electron chi connectivity index (χ2n) is 6.53. The lowest BCUT2D eigenvalue weighted by Crippen LogP contribution is -2.50. The summed E-state index contributed by atoms with van der Waals surface area (Å²) in [5.74, 6) is 1.56. The van der Waals surface area contributed by atoms with Crippen molar-refractivity contribution in [3.63, 3.8) is 0 Å². The van der Waals surface area contributed by atoms with Gasteiger partial charge in [0.05, 0.1) is 6.04 Å². The van der Waals surface area contributed by atoms with Gasteiger partial charge in [0, 0.05) is 35.9 Å². The minimum atomic E-state index is -0.731. The zero-order valence-electron chi connectivity index (χ0n) is 13.6. The van der Waals surface area contributed by atoms with E-state index in [0.717, 1.165) is 22.7 Å². The van der Waals surface area contributed by atoms with Crippen LogP contribution in [0.4, 0.5) is 0 Å². The molecule has 0 aliphatic carbocycles. The molecule has 122 valence electrons. The fraction of sp³-hybridized carbons (Fsp3) is 0.263. The SMILES string of the molecule is CC1(C)Oc2ccncc2C(n2ccnc2-c2ccccc2)C1O. The van der Waals surface area contributed by atoms with Crippen molar-refractivity contribution in [1.82, 2.24) is 14.5 Å². The lowest BCUT2D eigenvalue weighted by Gasteiger charge is -2.42. The molecule has 2 unspecified atom stereocenters. The summed E-state index contributed by atoms with van der Waals surface area (Å²) in [6.07, 6.45) is 6.39. The summed E-state index contributed by atoms with van der Waals surface area (Å²) >= 11 is 0. The van der Waals surface area contributed by atoms with Gasteiger partial charge in [-0.25, -0.2) is 4.98 Å². The van der Waals surface area contributed by atoms with Crippen LogP contribution in [0.5, 0.6) is 5.75 Å². The van der Waals surface area contributed by atoms with Crippen molar-refractivity contribution >= 4 is 0 Å². The molecule has 3 aromatic rings. The van der Waals surface area contributed by atoms with Crippen LogP contribution in [0.2, 0.25) is 0 Å². The number of imidazole rings is 1. The van der Waals surface area contributed by atoms with Gasteiger partial charge in [0.15, 0.2) is 0 Å². The fourth-order valence-corrected chi connectivity index (χ4v) is 3.25. The van der Waals surface area contributed by atoms with Crippen molar-refractivity contribution in [1.29, 1.82) is 0 Å². The second kappa shape index (κ2) is 5.46. The number of aromatic nitrogens is 3. The van der Waals surface area contributed by atoms with E-state index in [2.05, 4.69) is 9.97 Å². The van der Waals surface area contributed by atoms with Crippen molar-refractivity contribution in [3.8, 4) is 17.1 Å². The highest BCUT2D eigenvalue weighted by Crippen LogP contribution is 2.42. The predicted molar refractivity (Wildman–Crippen MR) is 90.8 cm³/mol. The van der Waals surface area contributed by atoms with E-state index in [1.54, 1.807) is 18.6 Å². The number of aliphatic hydroxyl groups is 1. The number of hydrogen-bond acceptors (Lipinski definition) is 4. The number of nitrogens with zero attached hydrogens (tertiary/aromatic N) is 3. The predicted octanol–water partition coefficient (Wildman–Crippen LogP) is 3.07. The molecule has 0 amide bonds. The minimum Gasteiger partial charge on any atom is -0.485 e. The Labute approximate surface area is 140 Å². The van der Waals surface area contributed by atoms with Gasteiger partial charge < -0.3 is 14.4 Å². The first-order valence-electron chi connectivity index (χ1n) is 7.97. The molecule has 24 heavy (non-hydrogen) atoms. The Bertz CT molecular complexity index is 858. The van der Waals surface area contributed by atoms with E-state index in [1.807, 2.05) is 61.0 Å². The van der Waals surface area contributed by atoms with Crippen molar-refractivity contribution in [3.05, 3.63) is 66.7 Å². The summed E-state index contributed by atoms with van der Waals surface area (Å²) in [5, 5.41) is 11.0. The Hall–Kier alpha value is -2.66. The number of rotatable bonds is 2. The molecule has 2 aromatic heterocycles. The largest absolute Gasteiger partial charge is 0.485 e. The third-order valence-corrected chi connectivity index (χ3v) is 4.51. The van der Waals surface area contributed by atoms with Gasteiger partial charge in [0.25, 0.3) is 0 Å². The molecular formula is C19H19N3O2. The molecule has 5 nitrogen and oxygen atoms in total. The summed E-state index contributed by atoms with van der Waals surface area (Å²) in [5.41, 5.74) is 1.15. The van der Waals surface area contributed by atoms with Gasteiger partial charge >= 0.3 is 0 Å². The third kappa shape index (κ3) is 2.29. The second-order valence-corrected chi connectivity index (χ2v) is 6.53. The molecular weight excluding hydrogens is 302 g/mol. The molecule has 1 N–H and O–H groups in total. The Morgan fingerprint density at radius 2 is 1.92 bits per heavy atom. The van der Waals surface area contributed by atoms with Crippen LogP contribution < -0.4 is 4.74 Å². The highest BCUT2D eigenvalue weighted by Gasteiger charge is 2.44. The zero-order valence-corrected chi connectivity index (χ0v) is 13.6. The first-order valence-corrected chi connectivity index (χ1v) is 7.97. The number of pyridine rings is 1. The minimum absolute atomic E-state index is 0.310. The molecule has 0 fully saturated rings. The van der Waals surface area contributed by atoms with E-state index in [-0.39, 0.29) is 6.04 Å². The highest BCUT2D eigenvalue weighted by atomic mass is 16.5. The molecule has 3 heterocycles. The van der Waals surface area contributed by atoms with Crippen molar-refractivity contribution in [2.24, 2.45) is 0 Å². The first-order chi connectivity index (χ1) is 11.6. The normalized spacial score (nSPS) is 21.8. The van der Waals surface area contributed by atoms with Crippen LogP contribution in [0, 0.1) is 0 Å². The van der Waals surface area contributed by atoms with Gasteiger partial charge in [0.1, 0.15) is 23.3 Å². The Morgan fingerprint density at radius 3 is 2.71 bits per heavy atom. The molecule has 0 saturated carbocycles. The first kappa shape index (κ1) is 14.9. The van der Waals surface area contributed by atoms with Crippen LogP contribution in [0.15, 0.2) is 61.2 Å². The van der Waals surface area contributed by atoms with E-state index < -0.39 is 11.7 Å². The summed E-state index contributed by atoms with van der Waals surface area (Å²) < 4.78 is 7.99. The number of fused-ring (bicyclic) bond motifs is 1. The summed E-state index contributed by atoms with van der Waals surface area (Å²) in [7, 11) is 0. The number of ether oxygens (including phenoxy) is 1. The van der Waals surface area contributed by atoms with E-state index in [1.165, 1.54) is 0 Å². The van der Waals surface area contributed by atoms with Crippen molar-refractivity contribution < 1.29 is 9.84 Å². The van der Waals surface area contributed by atoms with E-state index in [4.69, 9.17) is 4.74 Å². The highest BCUT2D eigenvalue weighted by molar-refractivity contribution is 5.56. The van der Waals surface area contributed by atoms with Crippen LogP contribution in [0.1, 0.15) is 25.5 Å². The molecule has 2 atom stereocenters. The molecule has 5 heteroatoms. The van der Waals surface area contributed by atoms with Crippen LogP contribution in [-0.2, 0) is 0 Å². The summed E-state index contributed by atoms with van der Waals surface area (Å²) in [6.45, 7) is 3.79. The molecule has 0 bridgehead atoms. The maximum atomic E-state index is 11.0. The lowest BCUT2D eigenvalue weighted by molar-refractivity contribution is -0.0635. The van der Waals surface area contributed by atoms with Gasteiger partial charge in [-0.05, 0) is 19.9 Å². The molecule has 1 aliphatic heterocycles. The van der Waals surface area contributed by atoms with Crippen LogP contribution in [0.25, 0.3) is 11.4 Å². The average molecular weight is 321 g/mol. The topological polar surface area (TPSA) is 60.2 Å². The van der Waals surface area contributed by atoms with Crippen molar-refractivity contribution in [2.45, 2.75) is 31.6 Å². The number of hydrogen-bond donors (Lipinski definition) is 1. The monoisotopic (exact) mass is 321 g/mol. The van der Waals surface area contributed by atoms with E-state index >= 15 is 0 Å². The van der Waals surface area contributed by atoms with Gasteiger partial charge in [-0.3, -0.25) is 4.98 Å². The van der Waals surface area contributed by atoms with E-state index in [0.29, 0.717) is 0 Å². The van der Waals surface area contributed by atoms with Crippen LogP contribution in [0.3, 0.4) is 0 Å². The Morgan fingerprint density at radius 1 is 1.12 bits per heavy atom. The summed E-state index contributed by atoms with van der Waals surface area (Å²) in [6, 6.07) is 11.5. The third-order valence-electron chi connectivity index (χ3n) is 4.51. The Balaban J connectivity index is 1.89. The van der Waals surface area contributed by atoms with Gasteiger partial charge in [0.2, 0.25) is 0 Å². The Kier molecular flexibility index (Phi) is 3.39. The average Bonchev–Trinajstić information content (AvgIpc) is 3.06. The van der Waals surface area contributed by atoms with Gasteiger partial charge in [-0.15, -0.1) is 0 Å². The molecule has 4 rings (SSSR count). The maximum Gasteiger partial charge on any atom is 0.140 e. The zero-order chi connectivity index (χ0) is 16.7. The summed E-state index contributed by atoms with van der Waals surface area (Å²) in [4.78, 5) is 8.73. The maximum absolute atomic E-state index is 11.0. The molecule has 0 spiro atoms. The quantitative estimate of drug-likeness (QED) is 0.788. The van der Waals surface area contributed by atoms with Crippen LogP contribution >= 0.6 is 0 Å². The fourth-order valence-electron chi connectivity index (χ4n) is 3.25. The molecule has 1 aliphatic rings. The van der Waals surface area contributed by atoms with Crippen molar-refractivity contribution in [2.75, 3.05) is 0 Å². The molecule has 1 aromatic carbocycles. The lowest BCUT2D eigenvalue weighted by atomic mass is 9.87. The smallest absolute Gasteiger partial charge is 0.140 e. The standard InChI is InChI=1S/C19H19N3O2/c1-19(2)17(23)16(14-12-20-9-8-15(14)24-19)22-11-10-21-18(22)13-6-4-3-5-7-13/h3-12,16-17,23H,1-2H3. The molecule has 0 saturated heterocycles. The van der Waals surface area contributed by atoms with Gasteiger partial charge in [-0.1, -0.05) is 30.3 Å². The number of aliphatic hydroxyl groups excluding tert-OH is 1. The number of benzene rings is 1. The van der Waals surface area contributed by atoms with E-state index in [9.17, 15) is 5.11 Å².